The molecule has 0 aliphatic carbocycles. The zero-order valence-corrected chi connectivity index (χ0v) is 13.3. The van der Waals surface area contributed by atoms with Gasteiger partial charge < -0.3 is 15.3 Å². The Morgan fingerprint density at radius 3 is 2.65 bits per heavy atom. The van der Waals surface area contributed by atoms with Crippen molar-refractivity contribution in [2.75, 3.05) is 31.5 Å². The summed E-state index contributed by atoms with van der Waals surface area (Å²) in [6, 6.07) is 9.90. The second kappa shape index (κ2) is 8.04. The lowest BCUT2D eigenvalue weighted by Crippen LogP contribution is -2.38. The number of aliphatic hydroxyl groups is 1. The van der Waals surface area contributed by atoms with Crippen molar-refractivity contribution >= 4 is 5.82 Å². The Morgan fingerprint density at radius 1 is 1.17 bits per heavy atom. The monoisotopic (exact) mass is 312 g/mol. The molecule has 2 aromatic rings. The molecule has 1 atom stereocenters. The summed E-state index contributed by atoms with van der Waals surface area (Å²) in [7, 11) is 0. The summed E-state index contributed by atoms with van der Waals surface area (Å²) < 4.78 is 0. The molecular formula is C18H24N4O. The molecule has 5 heteroatoms. The number of β-amino-alcohol motifs (C(OH)–C–C–N with tert-alkyl or cyclic N) is 1. The van der Waals surface area contributed by atoms with E-state index in [0.717, 1.165) is 43.9 Å². The Labute approximate surface area is 137 Å². The second-order valence-electron chi connectivity index (χ2n) is 6.14. The van der Waals surface area contributed by atoms with E-state index in [9.17, 15) is 5.11 Å². The number of anilines is 1. The number of rotatable bonds is 6. The van der Waals surface area contributed by atoms with Gasteiger partial charge in [0.1, 0.15) is 5.82 Å². The van der Waals surface area contributed by atoms with Crippen LogP contribution in [0, 0.1) is 5.92 Å². The van der Waals surface area contributed by atoms with Crippen LogP contribution in [0.5, 0.6) is 0 Å². The van der Waals surface area contributed by atoms with Gasteiger partial charge in [0.2, 0.25) is 0 Å². The fourth-order valence-corrected chi connectivity index (χ4v) is 3.04. The van der Waals surface area contributed by atoms with Crippen molar-refractivity contribution in [2.24, 2.45) is 5.92 Å². The van der Waals surface area contributed by atoms with Crippen LogP contribution in [0.3, 0.4) is 0 Å². The minimum atomic E-state index is -0.398. The minimum absolute atomic E-state index is 0.398. The first-order valence-electron chi connectivity index (χ1n) is 8.26. The topological polar surface area (TPSA) is 61.3 Å². The smallest absolute Gasteiger partial charge is 0.144 e. The molecule has 122 valence electrons. The molecule has 2 heterocycles. The van der Waals surface area contributed by atoms with Crippen LogP contribution in [0.2, 0.25) is 0 Å². The number of hydrogen-bond donors (Lipinski definition) is 2. The molecule has 1 aromatic heterocycles. The van der Waals surface area contributed by atoms with Crippen LogP contribution in [0.4, 0.5) is 5.82 Å². The molecule has 2 N–H and O–H groups in total. The Bertz CT molecular complexity index is 570. The molecule has 23 heavy (non-hydrogen) atoms. The third-order valence-electron chi connectivity index (χ3n) is 4.46. The molecule has 1 fully saturated rings. The van der Waals surface area contributed by atoms with Crippen LogP contribution in [0.1, 0.15) is 24.5 Å². The second-order valence-corrected chi connectivity index (χ2v) is 6.14. The Kier molecular flexibility index (Phi) is 5.56. The highest BCUT2D eigenvalue weighted by Gasteiger charge is 2.21. The van der Waals surface area contributed by atoms with Crippen molar-refractivity contribution in [3.63, 3.8) is 0 Å². The fourth-order valence-electron chi connectivity index (χ4n) is 3.04. The molecule has 0 spiro atoms. The highest BCUT2D eigenvalue weighted by Crippen LogP contribution is 2.21. The molecular weight excluding hydrogens is 288 g/mol. The van der Waals surface area contributed by atoms with E-state index >= 15 is 0 Å². The maximum absolute atomic E-state index is 10.3. The van der Waals surface area contributed by atoms with Crippen LogP contribution >= 0.6 is 0 Å². The lowest BCUT2D eigenvalue weighted by molar-refractivity contribution is 0.0909. The number of nitrogens with zero attached hydrogens (tertiary/aromatic N) is 3. The van der Waals surface area contributed by atoms with Crippen LogP contribution in [0.25, 0.3) is 0 Å². The van der Waals surface area contributed by atoms with Gasteiger partial charge in [-0.1, -0.05) is 30.3 Å². The SMILES string of the molecule is O[C@H](CN1CCC(CNc2cnccn2)CC1)c1ccccc1. The van der Waals surface area contributed by atoms with Crippen molar-refractivity contribution in [1.29, 1.82) is 0 Å². The van der Waals surface area contributed by atoms with Crippen LogP contribution < -0.4 is 5.32 Å². The van der Waals surface area contributed by atoms with Crippen molar-refractivity contribution in [3.05, 3.63) is 54.5 Å². The van der Waals surface area contributed by atoms with Crippen molar-refractivity contribution in [2.45, 2.75) is 18.9 Å². The zero-order chi connectivity index (χ0) is 15.9. The van der Waals surface area contributed by atoms with E-state index in [2.05, 4.69) is 20.2 Å². The average molecular weight is 312 g/mol. The summed E-state index contributed by atoms with van der Waals surface area (Å²) in [5.74, 6) is 1.50. The first-order chi connectivity index (χ1) is 11.3. The van der Waals surface area contributed by atoms with Gasteiger partial charge in [-0.25, -0.2) is 4.98 Å². The molecule has 0 bridgehead atoms. The van der Waals surface area contributed by atoms with Crippen molar-refractivity contribution in [1.82, 2.24) is 14.9 Å². The normalized spacial score (nSPS) is 17.8. The van der Waals surface area contributed by atoms with Gasteiger partial charge in [-0.3, -0.25) is 4.98 Å². The summed E-state index contributed by atoms with van der Waals surface area (Å²) in [6.07, 6.45) is 7.04. The van der Waals surface area contributed by atoms with Crippen molar-refractivity contribution in [3.8, 4) is 0 Å². The number of piperidine rings is 1. The van der Waals surface area contributed by atoms with Gasteiger partial charge in [0, 0.05) is 25.5 Å². The molecule has 5 nitrogen and oxygen atoms in total. The number of nitrogens with one attached hydrogen (secondary N) is 1. The van der Waals surface area contributed by atoms with Crippen LogP contribution in [0.15, 0.2) is 48.9 Å². The van der Waals surface area contributed by atoms with E-state index in [1.54, 1.807) is 18.6 Å². The highest BCUT2D eigenvalue weighted by atomic mass is 16.3. The van der Waals surface area contributed by atoms with Gasteiger partial charge in [-0.2, -0.15) is 0 Å². The lowest BCUT2D eigenvalue weighted by Gasteiger charge is -2.33. The highest BCUT2D eigenvalue weighted by molar-refractivity contribution is 5.29. The first-order valence-corrected chi connectivity index (χ1v) is 8.26. The number of likely N-dealkylation sites (tertiary alicyclic amines) is 1. The molecule has 1 saturated heterocycles. The molecule has 0 radical (unpaired) electrons. The molecule has 1 aromatic carbocycles. The van der Waals surface area contributed by atoms with Gasteiger partial charge in [-0.15, -0.1) is 0 Å². The molecule has 1 aliphatic rings. The van der Waals surface area contributed by atoms with Gasteiger partial charge in [0.25, 0.3) is 0 Å². The summed E-state index contributed by atoms with van der Waals surface area (Å²) in [5, 5.41) is 13.7. The number of aliphatic hydroxyl groups excluding tert-OH is 1. The zero-order valence-electron chi connectivity index (χ0n) is 13.3. The largest absolute Gasteiger partial charge is 0.387 e. The lowest BCUT2D eigenvalue weighted by atomic mass is 9.96. The maximum Gasteiger partial charge on any atom is 0.144 e. The Morgan fingerprint density at radius 2 is 1.96 bits per heavy atom. The van der Waals surface area contributed by atoms with Gasteiger partial charge >= 0.3 is 0 Å². The average Bonchev–Trinajstić information content (AvgIpc) is 2.63. The molecule has 1 aliphatic heterocycles. The standard InChI is InChI=1S/C18H24N4O/c23-17(16-4-2-1-3-5-16)14-22-10-6-15(7-11-22)12-21-18-13-19-8-9-20-18/h1-5,8-9,13,15,17,23H,6-7,10-12,14H2,(H,20,21)/t17-/m1/s1. The number of hydrogen-bond acceptors (Lipinski definition) is 5. The molecule has 0 amide bonds. The third-order valence-corrected chi connectivity index (χ3v) is 4.46. The minimum Gasteiger partial charge on any atom is -0.387 e. The Hall–Kier alpha value is -1.98. The maximum atomic E-state index is 10.3. The molecule has 0 unspecified atom stereocenters. The quantitative estimate of drug-likeness (QED) is 0.857. The third kappa shape index (κ3) is 4.74. The van der Waals surface area contributed by atoms with E-state index in [1.165, 1.54) is 0 Å². The number of aromatic nitrogens is 2. The van der Waals surface area contributed by atoms with Gasteiger partial charge in [0.15, 0.2) is 0 Å². The van der Waals surface area contributed by atoms with Crippen molar-refractivity contribution < 1.29 is 5.11 Å². The van der Waals surface area contributed by atoms with E-state index < -0.39 is 6.10 Å². The van der Waals surface area contributed by atoms with Crippen LogP contribution in [-0.4, -0.2) is 46.2 Å². The first kappa shape index (κ1) is 15.9. The predicted molar refractivity (Wildman–Crippen MR) is 91.1 cm³/mol. The van der Waals surface area contributed by atoms with Gasteiger partial charge in [0.05, 0.1) is 12.3 Å². The molecule has 0 saturated carbocycles. The van der Waals surface area contributed by atoms with Crippen LogP contribution in [-0.2, 0) is 0 Å². The van der Waals surface area contributed by atoms with Gasteiger partial charge in [-0.05, 0) is 37.4 Å². The van der Waals surface area contributed by atoms with E-state index in [-0.39, 0.29) is 0 Å². The van der Waals surface area contributed by atoms with E-state index in [0.29, 0.717) is 12.5 Å². The summed E-state index contributed by atoms with van der Waals surface area (Å²) in [4.78, 5) is 10.7. The molecule has 3 rings (SSSR count). The summed E-state index contributed by atoms with van der Waals surface area (Å²) in [6.45, 7) is 3.73. The predicted octanol–water partition coefficient (Wildman–Crippen LogP) is 2.33. The van der Waals surface area contributed by atoms with E-state index in [4.69, 9.17) is 0 Å². The number of benzene rings is 1. The summed E-state index contributed by atoms with van der Waals surface area (Å²) in [5.41, 5.74) is 0.999. The Balaban J connectivity index is 1.40. The van der Waals surface area contributed by atoms with E-state index in [1.807, 2.05) is 30.3 Å². The summed E-state index contributed by atoms with van der Waals surface area (Å²) >= 11 is 0. The fraction of sp³-hybridized carbons (Fsp3) is 0.444.